The smallest absolute Gasteiger partial charge is 0.356 e. The number of nitrogens with zero attached hydrogens (tertiary/aromatic N) is 3. The van der Waals surface area contributed by atoms with E-state index in [0.29, 0.717) is 0 Å². The summed E-state index contributed by atoms with van der Waals surface area (Å²) in [6.45, 7) is -0.188. The molecule has 2 rings (SSSR count). The molecule has 1 N–H and O–H groups in total. The summed E-state index contributed by atoms with van der Waals surface area (Å²) in [7, 11) is 1.17. The number of nitro groups is 1. The molecule has 1 amide bonds. The van der Waals surface area contributed by atoms with Crippen LogP contribution in [0, 0.1) is 10.1 Å². The van der Waals surface area contributed by atoms with Crippen LogP contribution >= 0.6 is 0 Å². The fourth-order valence-corrected chi connectivity index (χ4v) is 1.93. The first-order valence-electron chi connectivity index (χ1n) is 6.61. The zero-order valence-corrected chi connectivity index (χ0v) is 12.3. The molecule has 23 heavy (non-hydrogen) atoms. The van der Waals surface area contributed by atoms with E-state index in [2.05, 4.69) is 15.0 Å². The Labute approximate surface area is 131 Å². The summed E-state index contributed by atoms with van der Waals surface area (Å²) in [5.74, 6) is -1.91. The van der Waals surface area contributed by atoms with Crippen LogP contribution in [-0.2, 0) is 16.1 Å². The summed E-state index contributed by atoms with van der Waals surface area (Å²) in [4.78, 5) is 37.4. The van der Waals surface area contributed by atoms with E-state index in [1.807, 2.05) is 18.2 Å². The predicted molar refractivity (Wildman–Crippen MR) is 78.8 cm³/mol. The molecule has 0 saturated carbocycles. The number of methoxy groups -OCH3 is 1. The minimum absolute atomic E-state index is 0.203. The Hall–Kier alpha value is -3.23. The van der Waals surface area contributed by atoms with Crippen LogP contribution in [0.15, 0.2) is 36.7 Å². The van der Waals surface area contributed by atoms with Crippen LogP contribution < -0.4 is 5.32 Å². The number of rotatable bonds is 6. The number of nitrogens with one attached hydrogen (secondary N) is 1. The van der Waals surface area contributed by atoms with Gasteiger partial charge in [0.05, 0.1) is 7.11 Å². The van der Waals surface area contributed by atoms with Gasteiger partial charge in [-0.2, -0.15) is 0 Å². The number of hydrogen-bond donors (Lipinski definition) is 1. The number of benzene rings is 1. The summed E-state index contributed by atoms with van der Waals surface area (Å²) in [6.07, 6.45) is 1.22. The molecule has 0 aliphatic heterocycles. The van der Waals surface area contributed by atoms with Crippen molar-refractivity contribution in [2.24, 2.45) is 0 Å². The summed E-state index contributed by atoms with van der Waals surface area (Å²) in [6, 6.07) is 9.06. The average Bonchev–Trinajstić information content (AvgIpc) is 2.97. The number of aromatic nitrogens is 2. The van der Waals surface area contributed by atoms with E-state index >= 15 is 0 Å². The van der Waals surface area contributed by atoms with Gasteiger partial charge in [0.15, 0.2) is 6.33 Å². The fraction of sp³-hybridized carbons (Fsp3) is 0.214. The van der Waals surface area contributed by atoms with Crippen LogP contribution in [0.1, 0.15) is 16.1 Å². The van der Waals surface area contributed by atoms with E-state index in [-0.39, 0.29) is 12.2 Å². The van der Waals surface area contributed by atoms with Gasteiger partial charge in [-0.25, -0.2) is 9.55 Å². The van der Waals surface area contributed by atoms with Gasteiger partial charge in [-0.3, -0.25) is 9.59 Å². The van der Waals surface area contributed by atoms with Crippen molar-refractivity contribution in [2.45, 2.75) is 6.54 Å². The molecule has 0 saturated heterocycles. The molecule has 0 aliphatic carbocycles. The Kier molecular flexibility index (Phi) is 5.03. The molecular weight excluding hydrogens is 304 g/mol. The monoisotopic (exact) mass is 318 g/mol. The van der Waals surface area contributed by atoms with Gasteiger partial charge >= 0.3 is 11.8 Å². The van der Waals surface area contributed by atoms with Gasteiger partial charge in [-0.15, -0.1) is 0 Å². The normalized spacial score (nSPS) is 10.1. The van der Waals surface area contributed by atoms with E-state index in [9.17, 15) is 19.7 Å². The maximum Gasteiger partial charge on any atom is 0.356 e. The third-order valence-corrected chi connectivity index (χ3v) is 3.01. The predicted octanol–water partition coefficient (Wildman–Crippen LogP) is 0.742. The molecule has 1 heterocycles. The molecule has 0 atom stereocenters. The van der Waals surface area contributed by atoms with Crippen molar-refractivity contribution in [1.29, 1.82) is 0 Å². The molecule has 0 radical (unpaired) electrons. The van der Waals surface area contributed by atoms with E-state index < -0.39 is 29.2 Å². The highest BCUT2D eigenvalue weighted by atomic mass is 16.6. The molecule has 9 heteroatoms. The highest BCUT2D eigenvalue weighted by molar-refractivity contribution is 5.97. The zero-order valence-electron chi connectivity index (χ0n) is 12.3. The van der Waals surface area contributed by atoms with Crippen molar-refractivity contribution in [3.63, 3.8) is 0 Å². The van der Waals surface area contributed by atoms with Gasteiger partial charge < -0.3 is 20.2 Å². The minimum atomic E-state index is -0.811. The SMILES string of the molecule is COC(=O)CNC(=O)c1ncn(Cc2ccccc2)c1[N+](=O)[O-]. The van der Waals surface area contributed by atoms with Crippen LogP contribution in [0.25, 0.3) is 0 Å². The fourth-order valence-electron chi connectivity index (χ4n) is 1.93. The zero-order chi connectivity index (χ0) is 16.8. The molecule has 1 aromatic carbocycles. The van der Waals surface area contributed by atoms with E-state index in [0.717, 1.165) is 5.56 Å². The molecular formula is C14H14N4O5. The second-order valence-electron chi connectivity index (χ2n) is 4.55. The molecule has 0 unspecified atom stereocenters. The summed E-state index contributed by atoms with van der Waals surface area (Å²) >= 11 is 0. The highest BCUT2D eigenvalue weighted by Gasteiger charge is 2.27. The number of ether oxygens (including phenoxy) is 1. The van der Waals surface area contributed by atoms with Gasteiger partial charge in [-0.05, 0) is 10.5 Å². The Balaban J connectivity index is 2.23. The van der Waals surface area contributed by atoms with Crippen LogP contribution in [0.2, 0.25) is 0 Å². The van der Waals surface area contributed by atoms with Crippen molar-refractivity contribution in [3.05, 3.63) is 58.0 Å². The topological polar surface area (TPSA) is 116 Å². The lowest BCUT2D eigenvalue weighted by atomic mass is 10.2. The molecule has 120 valence electrons. The van der Waals surface area contributed by atoms with Crippen LogP contribution in [-0.4, -0.2) is 40.0 Å². The summed E-state index contributed by atoms with van der Waals surface area (Å²) in [5, 5.41) is 13.5. The first-order chi connectivity index (χ1) is 11.0. The van der Waals surface area contributed by atoms with E-state index in [4.69, 9.17) is 0 Å². The molecule has 0 spiro atoms. The van der Waals surface area contributed by atoms with Crippen LogP contribution in [0.3, 0.4) is 0 Å². The van der Waals surface area contributed by atoms with Crippen molar-refractivity contribution in [3.8, 4) is 0 Å². The van der Waals surface area contributed by atoms with Crippen LogP contribution in [0.5, 0.6) is 0 Å². The molecule has 0 bridgehead atoms. The Morgan fingerprint density at radius 2 is 2.04 bits per heavy atom. The van der Waals surface area contributed by atoms with Crippen molar-refractivity contribution in [1.82, 2.24) is 14.9 Å². The first kappa shape index (κ1) is 16.1. The molecule has 1 aromatic heterocycles. The second kappa shape index (κ2) is 7.16. The Bertz CT molecular complexity index is 726. The van der Waals surface area contributed by atoms with Gasteiger partial charge in [0.2, 0.25) is 5.69 Å². The average molecular weight is 318 g/mol. The standard InChI is InChI=1S/C14H14N4O5/c1-23-11(19)7-15-13(20)12-14(18(21)22)17(9-16-12)8-10-5-3-2-4-6-10/h2-6,9H,7-8H2,1H3,(H,15,20). The summed E-state index contributed by atoms with van der Waals surface area (Å²) < 4.78 is 5.65. The lowest BCUT2D eigenvalue weighted by molar-refractivity contribution is -0.392. The maximum atomic E-state index is 12.0. The number of carbonyl (C=O) groups excluding carboxylic acids is 2. The lowest BCUT2D eigenvalue weighted by Crippen LogP contribution is -2.30. The highest BCUT2D eigenvalue weighted by Crippen LogP contribution is 2.19. The minimum Gasteiger partial charge on any atom is -0.468 e. The van der Waals surface area contributed by atoms with Gasteiger partial charge in [-0.1, -0.05) is 30.3 Å². The molecule has 0 fully saturated rings. The van der Waals surface area contributed by atoms with E-state index in [1.165, 1.54) is 18.0 Å². The third-order valence-electron chi connectivity index (χ3n) is 3.01. The number of imidazole rings is 1. The largest absolute Gasteiger partial charge is 0.468 e. The van der Waals surface area contributed by atoms with Gasteiger partial charge in [0.25, 0.3) is 5.91 Å². The Morgan fingerprint density at radius 3 is 2.65 bits per heavy atom. The van der Waals surface area contributed by atoms with Crippen molar-refractivity contribution < 1.29 is 19.2 Å². The molecule has 9 nitrogen and oxygen atoms in total. The molecule has 0 aliphatic rings. The van der Waals surface area contributed by atoms with Crippen molar-refractivity contribution in [2.75, 3.05) is 13.7 Å². The third kappa shape index (κ3) is 3.90. The number of hydrogen-bond acceptors (Lipinski definition) is 6. The number of amides is 1. The quantitative estimate of drug-likeness (QED) is 0.477. The summed E-state index contributed by atoms with van der Waals surface area (Å²) in [5.41, 5.74) is 0.476. The second-order valence-corrected chi connectivity index (χ2v) is 4.55. The maximum absolute atomic E-state index is 12.0. The van der Waals surface area contributed by atoms with E-state index in [1.54, 1.807) is 12.1 Å². The van der Waals surface area contributed by atoms with Crippen molar-refractivity contribution >= 4 is 17.7 Å². The molecule has 2 aromatic rings. The number of carbonyl (C=O) groups is 2. The lowest BCUT2D eigenvalue weighted by Gasteiger charge is -2.04. The van der Waals surface area contributed by atoms with Gasteiger partial charge in [0.1, 0.15) is 13.1 Å². The van der Waals surface area contributed by atoms with Crippen LogP contribution in [0.4, 0.5) is 5.82 Å². The Morgan fingerprint density at radius 1 is 1.35 bits per heavy atom. The number of esters is 1. The first-order valence-corrected chi connectivity index (χ1v) is 6.61. The van der Waals surface area contributed by atoms with Gasteiger partial charge in [0, 0.05) is 0 Å².